The van der Waals surface area contributed by atoms with Crippen molar-refractivity contribution in [2.24, 2.45) is 0 Å². The Kier molecular flexibility index (Phi) is 3.57. The second kappa shape index (κ2) is 5.31. The number of anilines is 1. The van der Waals surface area contributed by atoms with Crippen LogP contribution in [0.4, 0.5) is 5.69 Å². The highest BCUT2D eigenvalue weighted by Gasteiger charge is 2.15. The van der Waals surface area contributed by atoms with Gasteiger partial charge in [-0.1, -0.05) is 0 Å². The first-order valence-electron chi connectivity index (χ1n) is 5.57. The average molecular weight is 245 g/mol. The molecular weight excluding hydrogens is 230 g/mol. The molecule has 0 fully saturated rings. The van der Waals surface area contributed by atoms with Crippen molar-refractivity contribution < 1.29 is 4.79 Å². The van der Waals surface area contributed by atoms with E-state index in [2.05, 4.69) is 20.5 Å². The van der Waals surface area contributed by atoms with E-state index >= 15 is 0 Å². The van der Waals surface area contributed by atoms with Gasteiger partial charge in [0.2, 0.25) is 0 Å². The standard InChI is InChI=1S/C12H15N5O/c1-13-11-7-14-4-3-10(11)12(18)17(2)8-9-5-15-16-6-9/h3-7,13H,8H2,1-2H3,(H,15,16). The molecule has 2 heterocycles. The van der Waals surface area contributed by atoms with Crippen LogP contribution in [0.1, 0.15) is 15.9 Å². The van der Waals surface area contributed by atoms with E-state index in [1.165, 1.54) is 0 Å². The fourth-order valence-electron chi connectivity index (χ4n) is 1.70. The van der Waals surface area contributed by atoms with Crippen molar-refractivity contribution in [3.63, 3.8) is 0 Å². The van der Waals surface area contributed by atoms with Gasteiger partial charge in [-0.15, -0.1) is 0 Å². The maximum Gasteiger partial charge on any atom is 0.256 e. The number of aromatic nitrogens is 3. The lowest BCUT2D eigenvalue weighted by atomic mass is 10.2. The largest absolute Gasteiger partial charge is 0.386 e. The molecule has 2 N–H and O–H groups in total. The Hall–Kier alpha value is -2.37. The number of H-pyrrole nitrogens is 1. The van der Waals surface area contributed by atoms with Gasteiger partial charge in [-0.05, 0) is 6.07 Å². The lowest BCUT2D eigenvalue weighted by molar-refractivity contribution is 0.0786. The number of nitrogens with one attached hydrogen (secondary N) is 2. The average Bonchev–Trinajstić information content (AvgIpc) is 2.90. The van der Waals surface area contributed by atoms with Gasteiger partial charge in [-0.25, -0.2) is 0 Å². The summed E-state index contributed by atoms with van der Waals surface area (Å²) < 4.78 is 0. The molecule has 0 saturated heterocycles. The summed E-state index contributed by atoms with van der Waals surface area (Å²) in [7, 11) is 3.53. The monoisotopic (exact) mass is 245 g/mol. The van der Waals surface area contributed by atoms with Crippen LogP contribution in [-0.4, -0.2) is 40.1 Å². The van der Waals surface area contributed by atoms with Crippen LogP contribution in [0.25, 0.3) is 0 Å². The molecule has 0 bridgehead atoms. The molecule has 6 heteroatoms. The molecular formula is C12H15N5O. The number of hydrogen-bond donors (Lipinski definition) is 2. The van der Waals surface area contributed by atoms with E-state index in [1.807, 2.05) is 0 Å². The molecule has 0 aliphatic rings. The number of amides is 1. The molecule has 0 radical (unpaired) electrons. The fourth-order valence-corrected chi connectivity index (χ4v) is 1.70. The second-order valence-electron chi connectivity index (χ2n) is 3.94. The number of carbonyl (C=O) groups is 1. The lowest BCUT2D eigenvalue weighted by Gasteiger charge is -2.17. The minimum atomic E-state index is -0.0528. The molecule has 0 unspecified atom stereocenters. The molecule has 0 spiro atoms. The maximum atomic E-state index is 12.3. The first-order chi connectivity index (χ1) is 8.72. The van der Waals surface area contributed by atoms with E-state index in [1.54, 1.807) is 49.8 Å². The van der Waals surface area contributed by atoms with Crippen LogP contribution in [0.5, 0.6) is 0 Å². The second-order valence-corrected chi connectivity index (χ2v) is 3.94. The van der Waals surface area contributed by atoms with Crippen LogP contribution >= 0.6 is 0 Å². The number of pyridine rings is 1. The first-order valence-corrected chi connectivity index (χ1v) is 5.57. The Morgan fingerprint density at radius 3 is 3.00 bits per heavy atom. The maximum absolute atomic E-state index is 12.3. The van der Waals surface area contributed by atoms with Gasteiger partial charge < -0.3 is 10.2 Å². The van der Waals surface area contributed by atoms with E-state index in [0.29, 0.717) is 12.1 Å². The van der Waals surface area contributed by atoms with Gasteiger partial charge in [0.15, 0.2) is 0 Å². The van der Waals surface area contributed by atoms with Gasteiger partial charge in [0.05, 0.1) is 23.6 Å². The Morgan fingerprint density at radius 1 is 1.50 bits per heavy atom. The molecule has 6 nitrogen and oxygen atoms in total. The van der Waals surface area contributed by atoms with Crippen molar-refractivity contribution in [3.05, 3.63) is 42.0 Å². The molecule has 0 aromatic carbocycles. The summed E-state index contributed by atoms with van der Waals surface area (Å²) in [5.74, 6) is -0.0528. The van der Waals surface area contributed by atoms with Crippen molar-refractivity contribution in [2.45, 2.75) is 6.54 Å². The normalized spacial score (nSPS) is 10.1. The summed E-state index contributed by atoms with van der Waals surface area (Å²) in [6.45, 7) is 0.515. The fraction of sp³-hybridized carbons (Fsp3) is 0.250. The number of carbonyl (C=O) groups excluding carboxylic acids is 1. The predicted octanol–water partition coefficient (Wildman–Crippen LogP) is 1.12. The Labute approximate surface area is 105 Å². The van der Waals surface area contributed by atoms with Gasteiger partial charge in [0.25, 0.3) is 5.91 Å². The van der Waals surface area contributed by atoms with Crippen molar-refractivity contribution in [2.75, 3.05) is 19.4 Å². The summed E-state index contributed by atoms with van der Waals surface area (Å²) >= 11 is 0. The highest BCUT2D eigenvalue weighted by molar-refractivity contribution is 5.99. The molecule has 0 atom stereocenters. The zero-order valence-electron chi connectivity index (χ0n) is 10.3. The topological polar surface area (TPSA) is 73.9 Å². The molecule has 0 aliphatic carbocycles. The van der Waals surface area contributed by atoms with E-state index in [4.69, 9.17) is 0 Å². The SMILES string of the molecule is CNc1cnccc1C(=O)N(C)Cc1cn[nH]c1. The van der Waals surface area contributed by atoms with Crippen molar-refractivity contribution in [1.82, 2.24) is 20.1 Å². The van der Waals surface area contributed by atoms with E-state index in [9.17, 15) is 4.79 Å². The Morgan fingerprint density at radius 2 is 2.33 bits per heavy atom. The van der Waals surface area contributed by atoms with Crippen LogP contribution < -0.4 is 5.32 Å². The molecule has 2 aromatic rings. The zero-order valence-corrected chi connectivity index (χ0v) is 10.3. The summed E-state index contributed by atoms with van der Waals surface area (Å²) in [5, 5.41) is 9.54. The van der Waals surface area contributed by atoms with Crippen LogP contribution in [-0.2, 0) is 6.54 Å². The summed E-state index contributed by atoms with van der Waals surface area (Å²) in [4.78, 5) is 17.9. The molecule has 1 amide bonds. The van der Waals surface area contributed by atoms with Gasteiger partial charge in [0.1, 0.15) is 0 Å². The Bertz CT molecular complexity index is 523. The lowest BCUT2D eigenvalue weighted by Crippen LogP contribution is -2.26. The van der Waals surface area contributed by atoms with Crippen LogP contribution in [0.15, 0.2) is 30.9 Å². The van der Waals surface area contributed by atoms with E-state index < -0.39 is 0 Å². The van der Waals surface area contributed by atoms with Crippen LogP contribution in [0, 0.1) is 0 Å². The molecule has 18 heavy (non-hydrogen) atoms. The predicted molar refractivity (Wildman–Crippen MR) is 68.2 cm³/mol. The molecule has 0 aliphatic heterocycles. The van der Waals surface area contributed by atoms with Gasteiger partial charge >= 0.3 is 0 Å². The van der Waals surface area contributed by atoms with Gasteiger partial charge in [-0.2, -0.15) is 5.10 Å². The van der Waals surface area contributed by atoms with E-state index in [0.717, 1.165) is 11.3 Å². The zero-order chi connectivity index (χ0) is 13.0. The van der Waals surface area contributed by atoms with Crippen molar-refractivity contribution in [3.8, 4) is 0 Å². The van der Waals surface area contributed by atoms with Crippen molar-refractivity contribution in [1.29, 1.82) is 0 Å². The molecule has 2 rings (SSSR count). The quantitative estimate of drug-likeness (QED) is 0.846. The van der Waals surface area contributed by atoms with Crippen LogP contribution in [0.3, 0.4) is 0 Å². The number of hydrogen-bond acceptors (Lipinski definition) is 4. The van der Waals surface area contributed by atoms with Gasteiger partial charge in [0, 0.05) is 38.6 Å². The smallest absolute Gasteiger partial charge is 0.256 e. The molecule has 2 aromatic heterocycles. The Balaban J connectivity index is 2.15. The number of aromatic amines is 1. The summed E-state index contributed by atoms with van der Waals surface area (Å²) in [6, 6.07) is 1.71. The molecule has 0 saturated carbocycles. The number of rotatable bonds is 4. The molecule has 94 valence electrons. The highest BCUT2D eigenvalue weighted by Crippen LogP contribution is 2.15. The van der Waals surface area contributed by atoms with Crippen LogP contribution in [0.2, 0.25) is 0 Å². The third kappa shape index (κ3) is 2.48. The minimum absolute atomic E-state index is 0.0528. The van der Waals surface area contributed by atoms with E-state index in [-0.39, 0.29) is 5.91 Å². The third-order valence-electron chi connectivity index (χ3n) is 2.64. The number of nitrogens with zero attached hydrogens (tertiary/aromatic N) is 3. The minimum Gasteiger partial charge on any atom is -0.386 e. The third-order valence-corrected chi connectivity index (χ3v) is 2.64. The van der Waals surface area contributed by atoms with Gasteiger partial charge in [-0.3, -0.25) is 14.9 Å². The summed E-state index contributed by atoms with van der Waals surface area (Å²) in [5.41, 5.74) is 2.30. The van der Waals surface area contributed by atoms with Crippen molar-refractivity contribution >= 4 is 11.6 Å². The first kappa shape index (κ1) is 12.1. The highest BCUT2D eigenvalue weighted by atomic mass is 16.2. The summed E-state index contributed by atoms with van der Waals surface area (Å²) in [6.07, 6.45) is 6.73.